The minimum absolute atomic E-state index is 0.239. The number of aryl methyl sites for hydroxylation is 1. The molecule has 0 aliphatic carbocycles. The second kappa shape index (κ2) is 6.60. The van der Waals surface area contributed by atoms with E-state index in [-0.39, 0.29) is 6.10 Å². The maximum Gasteiger partial charge on any atom is 0.191 e. The normalized spacial score (nSPS) is 18.9. The Morgan fingerprint density at radius 1 is 1.29 bits per heavy atom. The molecule has 112 valence electrons. The highest BCUT2D eigenvalue weighted by Gasteiger charge is 2.17. The summed E-state index contributed by atoms with van der Waals surface area (Å²) >= 11 is 1.68. The zero-order valence-corrected chi connectivity index (χ0v) is 13.1. The fourth-order valence-corrected chi connectivity index (χ4v) is 3.17. The van der Waals surface area contributed by atoms with Crippen LogP contribution in [0.2, 0.25) is 0 Å². The van der Waals surface area contributed by atoms with Gasteiger partial charge in [0.1, 0.15) is 6.79 Å². The van der Waals surface area contributed by atoms with Crippen LogP contribution in [-0.2, 0) is 16.5 Å². The molecule has 3 rings (SSSR count). The van der Waals surface area contributed by atoms with Crippen molar-refractivity contribution in [1.29, 1.82) is 0 Å². The number of rotatable bonds is 4. The molecule has 1 aromatic carbocycles. The van der Waals surface area contributed by atoms with Crippen LogP contribution in [0.3, 0.4) is 0 Å². The summed E-state index contributed by atoms with van der Waals surface area (Å²) in [6.07, 6.45) is 1.18. The number of nitrogens with zero attached hydrogens (tertiary/aromatic N) is 3. The number of hydrogen-bond acceptors (Lipinski definition) is 5. The Bertz CT molecular complexity index is 591. The molecule has 0 saturated carbocycles. The van der Waals surface area contributed by atoms with Crippen molar-refractivity contribution in [3.8, 4) is 11.4 Å². The molecule has 0 radical (unpaired) electrons. The van der Waals surface area contributed by atoms with Gasteiger partial charge in [0, 0.05) is 18.4 Å². The summed E-state index contributed by atoms with van der Waals surface area (Å²) < 4.78 is 12.8. The van der Waals surface area contributed by atoms with Gasteiger partial charge in [-0.2, -0.15) is 0 Å². The van der Waals surface area contributed by atoms with Crippen molar-refractivity contribution in [3.05, 3.63) is 29.8 Å². The minimum atomic E-state index is 0.239. The van der Waals surface area contributed by atoms with Crippen LogP contribution in [0.15, 0.2) is 29.4 Å². The van der Waals surface area contributed by atoms with E-state index < -0.39 is 0 Å². The molecule has 5 nitrogen and oxygen atoms in total. The van der Waals surface area contributed by atoms with Crippen LogP contribution in [0.25, 0.3) is 11.4 Å². The molecule has 0 bridgehead atoms. The first-order chi connectivity index (χ1) is 10.2. The second-order valence-electron chi connectivity index (χ2n) is 5.15. The molecule has 1 fully saturated rings. The smallest absolute Gasteiger partial charge is 0.191 e. The third-order valence-electron chi connectivity index (χ3n) is 3.51. The van der Waals surface area contributed by atoms with Gasteiger partial charge in [0.25, 0.3) is 0 Å². The zero-order chi connectivity index (χ0) is 14.7. The fraction of sp³-hybridized carbons (Fsp3) is 0.467. The lowest BCUT2D eigenvalue weighted by atomic mass is 10.1. The van der Waals surface area contributed by atoms with Crippen molar-refractivity contribution < 1.29 is 9.47 Å². The Morgan fingerprint density at radius 2 is 2.10 bits per heavy atom. The summed E-state index contributed by atoms with van der Waals surface area (Å²) in [5, 5.41) is 9.51. The SMILES string of the molecule is Cc1ccc(-c2nnc(SCC3CCOCO3)n2C)cc1. The van der Waals surface area contributed by atoms with Gasteiger partial charge in [-0.15, -0.1) is 10.2 Å². The van der Waals surface area contributed by atoms with E-state index >= 15 is 0 Å². The number of hydrogen-bond donors (Lipinski definition) is 0. The topological polar surface area (TPSA) is 49.2 Å². The molecule has 6 heteroatoms. The van der Waals surface area contributed by atoms with Crippen LogP contribution in [0.1, 0.15) is 12.0 Å². The standard InChI is InChI=1S/C15H19N3O2S/c1-11-3-5-12(6-4-11)14-16-17-15(18(14)2)21-9-13-7-8-19-10-20-13/h3-6,13H,7-10H2,1-2H3. The third kappa shape index (κ3) is 3.45. The predicted molar refractivity (Wildman–Crippen MR) is 82.2 cm³/mol. The first-order valence-electron chi connectivity index (χ1n) is 7.02. The van der Waals surface area contributed by atoms with Crippen LogP contribution >= 0.6 is 11.8 Å². The summed E-state index contributed by atoms with van der Waals surface area (Å²) in [6, 6.07) is 8.34. The van der Waals surface area contributed by atoms with Gasteiger partial charge in [0.2, 0.25) is 0 Å². The first kappa shape index (κ1) is 14.6. The fourth-order valence-electron chi connectivity index (χ4n) is 2.19. The van der Waals surface area contributed by atoms with Gasteiger partial charge in [-0.05, 0) is 13.3 Å². The molecule has 0 N–H and O–H groups in total. The van der Waals surface area contributed by atoms with Crippen LogP contribution < -0.4 is 0 Å². The Kier molecular flexibility index (Phi) is 4.57. The van der Waals surface area contributed by atoms with Gasteiger partial charge >= 0.3 is 0 Å². The summed E-state index contributed by atoms with van der Waals surface area (Å²) in [7, 11) is 2.00. The molecular weight excluding hydrogens is 286 g/mol. The molecule has 0 amide bonds. The van der Waals surface area contributed by atoms with E-state index in [1.807, 2.05) is 11.6 Å². The largest absolute Gasteiger partial charge is 0.355 e. The van der Waals surface area contributed by atoms with Crippen molar-refractivity contribution in [3.63, 3.8) is 0 Å². The molecule has 1 aliphatic rings. The third-order valence-corrected chi connectivity index (χ3v) is 4.67. The number of benzene rings is 1. The zero-order valence-electron chi connectivity index (χ0n) is 12.3. The molecule has 2 heterocycles. The maximum atomic E-state index is 5.54. The lowest BCUT2D eigenvalue weighted by Gasteiger charge is -2.21. The van der Waals surface area contributed by atoms with Crippen LogP contribution in [-0.4, -0.2) is 40.0 Å². The van der Waals surface area contributed by atoms with Gasteiger partial charge in [-0.3, -0.25) is 0 Å². The van der Waals surface area contributed by atoms with E-state index in [9.17, 15) is 0 Å². The van der Waals surface area contributed by atoms with Crippen molar-refractivity contribution >= 4 is 11.8 Å². The highest BCUT2D eigenvalue weighted by atomic mass is 32.2. The number of aromatic nitrogens is 3. The van der Waals surface area contributed by atoms with E-state index in [0.29, 0.717) is 6.79 Å². The number of thioether (sulfide) groups is 1. The van der Waals surface area contributed by atoms with Gasteiger partial charge in [-0.25, -0.2) is 0 Å². The van der Waals surface area contributed by atoms with Crippen molar-refractivity contribution in [2.24, 2.45) is 7.05 Å². The summed E-state index contributed by atoms with van der Waals surface area (Å²) in [6.45, 7) is 3.26. The maximum absolute atomic E-state index is 5.54. The molecular formula is C15H19N3O2S. The molecule has 1 atom stereocenters. The van der Waals surface area contributed by atoms with Crippen molar-refractivity contribution in [2.75, 3.05) is 19.2 Å². The van der Waals surface area contributed by atoms with Gasteiger partial charge in [0.05, 0.1) is 12.7 Å². The Labute approximate surface area is 128 Å². The van der Waals surface area contributed by atoms with E-state index in [4.69, 9.17) is 9.47 Å². The molecule has 1 saturated heterocycles. The van der Waals surface area contributed by atoms with E-state index in [0.717, 1.165) is 35.3 Å². The average molecular weight is 305 g/mol. The van der Waals surface area contributed by atoms with E-state index in [1.165, 1.54) is 5.56 Å². The van der Waals surface area contributed by atoms with Crippen LogP contribution in [0.5, 0.6) is 0 Å². The predicted octanol–water partition coefficient (Wildman–Crippen LogP) is 2.65. The first-order valence-corrected chi connectivity index (χ1v) is 8.01. The van der Waals surface area contributed by atoms with E-state index in [2.05, 4.69) is 41.4 Å². The van der Waals surface area contributed by atoms with Crippen molar-refractivity contribution in [2.45, 2.75) is 24.6 Å². The van der Waals surface area contributed by atoms with Gasteiger partial charge in [-0.1, -0.05) is 41.6 Å². The van der Waals surface area contributed by atoms with Crippen LogP contribution in [0, 0.1) is 6.92 Å². The van der Waals surface area contributed by atoms with Gasteiger partial charge < -0.3 is 14.0 Å². The summed E-state index contributed by atoms with van der Waals surface area (Å²) in [5.74, 6) is 1.77. The lowest BCUT2D eigenvalue weighted by molar-refractivity contribution is -0.130. The highest BCUT2D eigenvalue weighted by molar-refractivity contribution is 7.99. The average Bonchev–Trinajstić information content (AvgIpc) is 2.88. The summed E-state index contributed by atoms with van der Waals surface area (Å²) in [4.78, 5) is 0. The highest BCUT2D eigenvalue weighted by Crippen LogP contribution is 2.24. The van der Waals surface area contributed by atoms with Crippen molar-refractivity contribution in [1.82, 2.24) is 14.8 Å². The monoisotopic (exact) mass is 305 g/mol. The Balaban J connectivity index is 1.68. The molecule has 0 spiro atoms. The van der Waals surface area contributed by atoms with Crippen LogP contribution in [0.4, 0.5) is 0 Å². The molecule has 1 unspecified atom stereocenters. The molecule has 1 aromatic heterocycles. The molecule has 2 aromatic rings. The lowest BCUT2D eigenvalue weighted by Crippen LogP contribution is -2.25. The molecule has 1 aliphatic heterocycles. The Morgan fingerprint density at radius 3 is 2.81 bits per heavy atom. The summed E-state index contributed by atoms with van der Waals surface area (Å²) in [5.41, 5.74) is 2.33. The Hall–Kier alpha value is -1.37. The van der Waals surface area contributed by atoms with Gasteiger partial charge in [0.15, 0.2) is 11.0 Å². The minimum Gasteiger partial charge on any atom is -0.355 e. The number of ether oxygens (including phenoxy) is 2. The second-order valence-corrected chi connectivity index (χ2v) is 6.13. The quantitative estimate of drug-likeness (QED) is 0.813. The van der Waals surface area contributed by atoms with E-state index in [1.54, 1.807) is 11.8 Å². The molecule has 21 heavy (non-hydrogen) atoms.